The van der Waals surface area contributed by atoms with Gasteiger partial charge in [-0.3, -0.25) is 23.5 Å². The Kier molecular flexibility index (Phi) is 6.17. The summed E-state index contributed by atoms with van der Waals surface area (Å²) in [6, 6.07) is 1.12. The number of ether oxygens (including phenoxy) is 1. The standard InChI is InChI=1S/C10H16N2O10P2S/c13-6-1-2-12(10(25)11-6)9-8(15)7(14)5(22-9)3-21-24(19,20)4-23(16,17)18/h1-2,5,7-9,14-15H,3-4H2,(H,19,20)(H,11,13,25)(H2,16,17,18)/t5-,7-,8-,9-/m1/s1. The third-order valence-corrected chi connectivity index (χ3v) is 7.03. The summed E-state index contributed by atoms with van der Waals surface area (Å²) in [5.74, 6) is -1.39. The zero-order chi connectivity index (χ0) is 19.0. The van der Waals surface area contributed by atoms with Gasteiger partial charge in [0.15, 0.2) is 16.9 Å². The van der Waals surface area contributed by atoms with Crippen LogP contribution in [0.15, 0.2) is 17.1 Å². The molecule has 12 nitrogen and oxygen atoms in total. The molecule has 15 heteroatoms. The maximum atomic E-state index is 11.6. The van der Waals surface area contributed by atoms with Gasteiger partial charge in [0, 0.05) is 12.3 Å². The van der Waals surface area contributed by atoms with Gasteiger partial charge in [0.1, 0.15) is 18.3 Å². The lowest BCUT2D eigenvalue weighted by Crippen LogP contribution is -2.34. The highest BCUT2D eigenvalue weighted by Gasteiger charge is 2.45. The first kappa shape index (κ1) is 20.6. The molecule has 0 spiro atoms. The van der Waals surface area contributed by atoms with Crippen molar-refractivity contribution in [1.82, 2.24) is 9.55 Å². The molecule has 1 saturated heterocycles. The van der Waals surface area contributed by atoms with E-state index in [0.29, 0.717) is 0 Å². The van der Waals surface area contributed by atoms with E-state index in [-0.39, 0.29) is 4.77 Å². The molecular formula is C10H16N2O10P2S. The summed E-state index contributed by atoms with van der Waals surface area (Å²) < 4.78 is 33.4. The summed E-state index contributed by atoms with van der Waals surface area (Å²) in [4.78, 5) is 40.3. The number of hydrogen-bond donors (Lipinski definition) is 6. The highest BCUT2D eigenvalue weighted by molar-refractivity contribution is 7.71. The summed E-state index contributed by atoms with van der Waals surface area (Å²) >= 11 is 4.92. The number of aromatic amines is 1. The van der Waals surface area contributed by atoms with Crippen LogP contribution in [0.1, 0.15) is 6.23 Å². The Morgan fingerprint density at radius 3 is 2.48 bits per heavy atom. The number of aromatic nitrogens is 2. The zero-order valence-corrected chi connectivity index (χ0v) is 15.0. The van der Waals surface area contributed by atoms with Crippen LogP contribution in [-0.2, 0) is 18.4 Å². The van der Waals surface area contributed by atoms with Crippen LogP contribution in [-0.4, -0.2) is 65.3 Å². The molecule has 0 bridgehead atoms. The topological polar surface area (TPSA) is 192 Å². The summed E-state index contributed by atoms with van der Waals surface area (Å²) in [5, 5.41) is 20.0. The van der Waals surface area contributed by atoms with Gasteiger partial charge in [-0.05, 0) is 12.2 Å². The van der Waals surface area contributed by atoms with Crippen molar-refractivity contribution in [3.05, 3.63) is 27.4 Å². The van der Waals surface area contributed by atoms with Gasteiger partial charge in [-0.25, -0.2) is 0 Å². The van der Waals surface area contributed by atoms with E-state index in [2.05, 4.69) is 9.51 Å². The quantitative estimate of drug-likeness (QED) is 0.242. The molecule has 0 aromatic carbocycles. The number of nitrogens with one attached hydrogen (secondary N) is 1. The van der Waals surface area contributed by atoms with Gasteiger partial charge in [-0.1, -0.05) is 0 Å². The number of rotatable bonds is 6. The molecule has 0 saturated carbocycles. The first-order valence-electron chi connectivity index (χ1n) is 6.74. The Labute approximate surface area is 145 Å². The van der Waals surface area contributed by atoms with Crippen molar-refractivity contribution >= 4 is 27.4 Å². The molecule has 0 aliphatic carbocycles. The van der Waals surface area contributed by atoms with Crippen molar-refractivity contribution in [3.63, 3.8) is 0 Å². The van der Waals surface area contributed by atoms with Crippen molar-refractivity contribution < 1.29 is 43.3 Å². The van der Waals surface area contributed by atoms with Gasteiger partial charge in [-0.15, -0.1) is 0 Å². The summed E-state index contributed by atoms with van der Waals surface area (Å²) in [6.45, 7) is -0.709. The van der Waals surface area contributed by atoms with E-state index in [4.69, 9.17) is 26.7 Å². The average molecular weight is 418 g/mol. The second-order valence-electron chi connectivity index (χ2n) is 5.30. The number of aliphatic hydroxyl groups excluding tert-OH is 2. The van der Waals surface area contributed by atoms with Crippen LogP contribution in [0.5, 0.6) is 0 Å². The van der Waals surface area contributed by atoms with Crippen LogP contribution in [0.3, 0.4) is 0 Å². The molecule has 1 unspecified atom stereocenters. The van der Waals surface area contributed by atoms with Gasteiger partial charge in [0.05, 0.1) is 6.61 Å². The maximum absolute atomic E-state index is 11.6. The Morgan fingerprint density at radius 1 is 1.28 bits per heavy atom. The second-order valence-corrected chi connectivity index (χ2v) is 9.68. The van der Waals surface area contributed by atoms with Crippen molar-refractivity contribution in [2.75, 3.05) is 12.5 Å². The first-order chi connectivity index (χ1) is 11.4. The normalized spacial score (nSPS) is 29.5. The minimum absolute atomic E-state index is 0.0837. The SMILES string of the molecule is O=c1ccn([C@@H]2O[C@H](COP(=O)(O)CP(=O)(O)O)[C@@H](O)[C@H]2O)c(=S)[nH]1. The molecule has 2 rings (SSSR count). The van der Waals surface area contributed by atoms with Gasteiger partial charge in [0.2, 0.25) is 0 Å². The third-order valence-electron chi connectivity index (χ3n) is 3.27. The number of nitrogens with zero attached hydrogens (tertiary/aromatic N) is 1. The van der Waals surface area contributed by atoms with Gasteiger partial charge < -0.3 is 34.2 Å². The van der Waals surface area contributed by atoms with Crippen LogP contribution in [0.25, 0.3) is 0 Å². The smallest absolute Gasteiger partial charge is 0.340 e. The third kappa shape index (κ3) is 5.38. The average Bonchev–Trinajstić information content (AvgIpc) is 2.71. The van der Waals surface area contributed by atoms with Gasteiger partial charge in [0.25, 0.3) is 5.56 Å². The summed E-state index contributed by atoms with van der Waals surface area (Å²) in [6.07, 6.45) is -4.27. The van der Waals surface area contributed by atoms with Crippen LogP contribution >= 0.6 is 27.4 Å². The largest absolute Gasteiger partial charge is 0.387 e. The lowest BCUT2D eigenvalue weighted by Gasteiger charge is -2.18. The molecule has 5 atom stereocenters. The van der Waals surface area contributed by atoms with E-state index in [1.807, 2.05) is 0 Å². The van der Waals surface area contributed by atoms with Crippen molar-refractivity contribution in [3.8, 4) is 0 Å². The monoisotopic (exact) mass is 418 g/mol. The molecule has 1 aliphatic heterocycles. The predicted molar refractivity (Wildman–Crippen MR) is 84.5 cm³/mol. The van der Waals surface area contributed by atoms with Crippen LogP contribution in [0.2, 0.25) is 0 Å². The predicted octanol–water partition coefficient (Wildman–Crippen LogP) is -1.14. The molecule has 1 aromatic heterocycles. The molecule has 142 valence electrons. The fourth-order valence-corrected chi connectivity index (χ4v) is 5.02. The van der Waals surface area contributed by atoms with Crippen LogP contribution in [0, 0.1) is 4.77 Å². The number of aliphatic hydroxyl groups is 2. The lowest BCUT2D eigenvalue weighted by molar-refractivity contribution is -0.0515. The Morgan fingerprint density at radius 2 is 1.92 bits per heavy atom. The summed E-state index contributed by atoms with van der Waals surface area (Å²) in [7, 11) is -9.42. The fraction of sp³-hybridized carbons (Fsp3) is 0.600. The molecule has 25 heavy (non-hydrogen) atoms. The van der Waals surface area contributed by atoms with E-state index in [1.54, 1.807) is 0 Å². The Balaban J connectivity index is 2.09. The Hall–Kier alpha value is -0.720. The molecular weight excluding hydrogens is 402 g/mol. The van der Waals surface area contributed by atoms with Crippen molar-refractivity contribution in [2.45, 2.75) is 24.5 Å². The molecule has 0 amide bonds. The van der Waals surface area contributed by atoms with Crippen LogP contribution < -0.4 is 5.56 Å². The first-order valence-corrected chi connectivity index (χ1v) is 10.7. The molecule has 1 aliphatic rings. The second kappa shape index (κ2) is 7.49. The van der Waals surface area contributed by atoms with Crippen LogP contribution in [0.4, 0.5) is 0 Å². The van der Waals surface area contributed by atoms with Gasteiger partial charge in [-0.2, -0.15) is 0 Å². The van der Waals surface area contributed by atoms with Gasteiger partial charge >= 0.3 is 15.2 Å². The lowest BCUT2D eigenvalue weighted by atomic mass is 10.1. The van der Waals surface area contributed by atoms with E-state index < -0.39 is 57.8 Å². The molecule has 2 heterocycles. The molecule has 6 N–H and O–H groups in total. The number of H-pyrrole nitrogens is 1. The molecule has 0 radical (unpaired) electrons. The molecule has 1 fully saturated rings. The minimum atomic E-state index is -4.79. The minimum Gasteiger partial charge on any atom is -0.387 e. The van der Waals surface area contributed by atoms with E-state index in [9.17, 15) is 29.0 Å². The van der Waals surface area contributed by atoms with Crippen molar-refractivity contribution in [1.29, 1.82) is 0 Å². The maximum Gasteiger partial charge on any atom is 0.340 e. The van der Waals surface area contributed by atoms with E-state index in [1.165, 1.54) is 10.8 Å². The van der Waals surface area contributed by atoms with E-state index >= 15 is 0 Å². The molecule has 1 aromatic rings. The summed E-state index contributed by atoms with van der Waals surface area (Å²) in [5.41, 5.74) is -0.479. The number of hydrogen-bond acceptors (Lipinski definition) is 8. The zero-order valence-electron chi connectivity index (χ0n) is 12.4. The van der Waals surface area contributed by atoms with Crippen molar-refractivity contribution in [2.24, 2.45) is 0 Å². The Bertz CT molecular complexity index is 833. The fourth-order valence-electron chi connectivity index (χ4n) is 2.19. The van der Waals surface area contributed by atoms with E-state index in [0.717, 1.165) is 6.07 Å². The highest BCUT2D eigenvalue weighted by atomic mass is 32.1. The highest BCUT2D eigenvalue weighted by Crippen LogP contribution is 2.55.